The lowest BCUT2D eigenvalue weighted by molar-refractivity contribution is 0.598. The van der Waals surface area contributed by atoms with Crippen molar-refractivity contribution in [2.45, 2.75) is 68.9 Å². The van der Waals surface area contributed by atoms with Crippen LogP contribution in [0.2, 0.25) is 0 Å². The van der Waals surface area contributed by atoms with Crippen molar-refractivity contribution in [3.63, 3.8) is 0 Å². The fourth-order valence-electron chi connectivity index (χ4n) is 7.45. The zero-order valence-corrected chi connectivity index (χ0v) is 30.1. The molecular formula is C42H34N2O2S3. The minimum Gasteiger partial charge on any atom is -0.308 e. The van der Waals surface area contributed by atoms with Crippen molar-refractivity contribution < 1.29 is 8.42 Å². The number of fused-ring (bicyclic) bond motifs is 7. The van der Waals surface area contributed by atoms with E-state index in [9.17, 15) is 8.42 Å². The first-order valence-corrected chi connectivity index (χ1v) is 19.8. The molecule has 0 radical (unpaired) electrons. The minimum atomic E-state index is -3.69. The Morgan fingerprint density at radius 3 is 1.33 bits per heavy atom. The summed E-state index contributed by atoms with van der Waals surface area (Å²) in [4.78, 5) is 10.1. The van der Waals surface area contributed by atoms with Crippen LogP contribution in [0, 0.1) is 0 Å². The van der Waals surface area contributed by atoms with Crippen LogP contribution in [0.5, 0.6) is 0 Å². The predicted molar refractivity (Wildman–Crippen MR) is 203 cm³/mol. The van der Waals surface area contributed by atoms with Gasteiger partial charge in [0, 0.05) is 42.1 Å². The first-order valence-electron chi connectivity index (χ1n) is 16.7. The zero-order chi connectivity index (χ0) is 33.6. The summed E-state index contributed by atoms with van der Waals surface area (Å²) in [5, 5.41) is 0. The van der Waals surface area contributed by atoms with Crippen LogP contribution in [-0.4, -0.2) is 8.42 Å². The Morgan fingerprint density at radius 2 is 0.898 bits per heavy atom. The monoisotopic (exact) mass is 694 g/mol. The molecule has 3 aliphatic heterocycles. The standard InChI is InChI=1S/C42H34N2O2S3/c1-25(2)29-11-9-17-37-41(29)43(33-13-5-7-15-35(33)47-37)27-19-21-39-31(23-27)32-24-28(20-22-40(32)49(39,45)46)44-34-14-6-8-16-36(34)48-38-18-10-12-30(26(3)4)42(38)44/h5-26H,1-4H3. The van der Waals surface area contributed by atoms with Crippen LogP contribution >= 0.6 is 23.5 Å². The fourth-order valence-corrected chi connectivity index (χ4v) is 11.3. The van der Waals surface area contributed by atoms with Gasteiger partial charge in [-0.1, -0.05) is 99.7 Å². The molecule has 0 spiro atoms. The molecule has 0 fully saturated rings. The highest BCUT2D eigenvalue weighted by atomic mass is 32.2. The van der Waals surface area contributed by atoms with Gasteiger partial charge in [-0.2, -0.15) is 0 Å². The summed E-state index contributed by atoms with van der Waals surface area (Å²) >= 11 is 3.58. The summed E-state index contributed by atoms with van der Waals surface area (Å²) in [6, 6.07) is 41.8. The lowest BCUT2D eigenvalue weighted by atomic mass is 9.97. The van der Waals surface area contributed by atoms with E-state index >= 15 is 0 Å². The number of hydrogen-bond donors (Lipinski definition) is 0. The number of benzene rings is 6. The summed E-state index contributed by atoms with van der Waals surface area (Å²) in [5.74, 6) is 0.621. The maximum absolute atomic E-state index is 14.1. The number of rotatable bonds is 4. The van der Waals surface area contributed by atoms with Crippen molar-refractivity contribution in [1.82, 2.24) is 0 Å². The maximum atomic E-state index is 14.1. The average Bonchev–Trinajstić information content (AvgIpc) is 3.33. The third-order valence-electron chi connectivity index (χ3n) is 9.72. The Balaban J connectivity index is 1.26. The molecule has 0 amide bonds. The molecule has 3 heterocycles. The average molecular weight is 695 g/mol. The van der Waals surface area contributed by atoms with Gasteiger partial charge >= 0.3 is 0 Å². The molecule has 6 aromatic carbocycles. The molecule has 4 nitrogen and oxygen atoms in total. The number of nitrogens with zero attached hydrogens (tertiary/aromatic N) is 2. The Labute approximate surface area is 296 Å². The van der Waals surface area contributed by atoms with Gasteiger partial charge in [-0.25, -0.2) is 8.42 Å². The van der Waals surface area contributed by atoms with Gasteiger partial charge < -0.3 is 9.80 Å². The largest absolute Gasteiger partial charge is 0.308 e. The first-order chi connectivity index (χ1) is 23.7. The van der Waals surface area contributed by atoms with Gasteiger partial charge in [-0.3, -0.25) is 0 Å². The molecule has 0 aromatic heterocycles. The van der Waals surface area contributed by atoms with E-state index in [0.29, 0.717) is 21.6 Å². The molecule has 3 aliphatic rings. The van der Waals surface area contributed by atoms with Crippen molar-refractivity contribution in [1.29, 1.82) is 0 Å². The molecule has 7 heteroatoms. The number of para-hydroxylation sites is 4. The molecule has 6 aromatic rings. The Kier molecular flexibility index (Phi) is 7.06. The van der Waals surface area contributed by atoms with E-state index in [4.69, 9.17) is 0 Å². The van der Waals surface area contributed by atoms with Gasteiger partial charge in [0.1, 0.15) is 0 Å². The Hall–Kier alpha value is -4.43. The SMILES string of the molecule is CC(C)c1cccc2c1N(c1ccc3c(c1)-c1cc(N4c5ccccc5Sc5cccc(C(C)C)c54)ccc1S3(=O)=O)c1ccccc1S2. The normalized spacial score (nSPS) is 15.0. The molecule has 0 N–H and O–H groups in total. The van der Waals surface area contributed by atoms with Crippen molar-refractivity contribution in [3.05, 3.63) is 132 Å². The molecule has 0 saturated carbocycles. The van der Waals surface area contributed by atoms with Gasteiger partial charge in [0.15, 0.2) is 0 Å². The Morgan fingerprint density at radius 1 is 0.490 bits per heavy atom. The van der Waals surface area contributed by atoms with Crippen LogP contribution in [-0.2, 0) is 9.84 Å². The Bertz CT molecular complexity index is 2290. The van der Waals surface area contributed by atoms with Gasteiger partial charge in [0.05, 0.1) is 32.5 Å². The van der Waals surface area contributed by atoms with Crippen molar-refractivity contribution in [2.24, 2.45) is 0 Å². The van der Waals surface area contributed by atoms with E-state index in [-0.39, 0.29) is 0 Å². The highest BCUT2D eigenvalue weighted by Gasteiger charge is 2.37. The summed E-state index contributed by atoms with van der Waals surface area (Å²) in [6.07, 6.45) is 0. The smallest absolute Gasteiger partial charge is 0.207 e. The second-order valence-electron chi connectivity index (χ2n) is 13.4. The molecule has 0 unspecified atom stereocenters. The molecule has 242 valence electrons. The second kappa shape index (κ2) is 11.3. The van der Waals surface area contributed by atoms with E-state index in [1.165, 1.54) is 30.7 Å². The van der Waals surface area contributed by atoms with Gasteiger partial charge in [-0.05, 0) is 95.8 Å². The van der Waals surface area contributed by atoms with Crippen molar-refractivity contribution in [2.75, 3.05) is 9.80 Å². The summed E-state index contributed by atoms with van der Waals surface area (Å²) in [7, 11) is -3.69. The van der Waals surface area contributed by atoms with Crippen molar-refractivity contribution in [3.8, 4) is 11.1 Å². The first kappa shape index (κ1) is 30.6. The molecule has 49 heavy (non-hydrogen) atoms. The van der Waals surface area contributed by atoms with Gasteiger partial charge in [0.25, 0.3) is 0 Å². The van der Waals surface area contributed by atoms with E-state index in [0.717, 1.165) is 45.3 Å². The zero-order valence-electron chi connectivity index (χ0n) is 27.6. The van der Waals surface area contributed by atoms with E-state index in [1.807, 2.05) is 12.1 Å². The second-order valence-corrected chi connectivity index (χ2v) is 17.4. The molecule has 0 saturated heterocycles. The van der Waals surface area contributed by atoms with Gasteiger partial charge in [-0.15, -0.1) is 0 Å². The molecule has 0 aliphatic carbocycles. The van der Waals surface area contributed by atoms with Gasteiger partial charge in [0.2, 0.25) is 9.84 Å². The predicted octanol–water partition coefficient (Wildman–Crippen LogP) is 12.6. The fraction of sp³-hybridized carbons (Fsp3) is 0.143. The topological polar surface area (TPSA) is 40.6 Å². The summed E-state index contributed by atoms with van der Waals surface area (Å²) < 4.78 is 28.2. The van der Waals surface area contributed by atoms with Crippen LogP contribution < -0.4 is 9.80 Å². The molecule has 0 atom stereocenters. The summed E-state index contributed by atoms with van der Waals surface area (Å²) in [5.41, 5.74) is 10.4. The maximum Gasteiger partial charge on any atom is 0.207 e. The number of hydrogen-bond acceptors (Lipinski definition) is 6. The van der Waals surface area contributed by atoms with Crippen molar-refractivity contribution >= 4 is 67.5 Å². The van der Waals surface area contributed by atoms with Crippen LogP contribution in [0.4, 0.5) is 34.1 Å². The highest BCUT2D eigenvalue weighted by molar-refractivity contribution is 8.00. The van der Waals surface area contributed by atoms with Crippen LogP contribution in [0.25, 0.3) is 11.1 Å². The quantitative estimate of drug-likeness (QED) is 0.183. The lowest BCUT2D eigenvalue weighted by Crippen LogP contribution is -2.17. The summed E-state index contributed by atoms with van der Waals surface area (Å²) in [6.45, 7) is 8.91. The van der Waals surface area contributed by atoms with E-state index in [2.05, 4.69) is 135 Å². The van der Waals surface area contributed by atoms with E-state index in [1.54, 1.807) is 35.7 Å². The van der Waals surface area contributed by atoms with E-state index < -0.39 is 9.84 Å². The molecular weight excluding hydrogens is 661 g/mol. The molecule has 0 bridgehead atoms. The molecule has 9 rings (SSSR count). The number of sulfone groups is 1. The van der Waals surface area contributed by atoms with Crippen LogP contribution in [0.1, 0.15) is 50.7 Å². The minimum absolute atomic E-state index is 0.311. The van der Waals surface area contributed by atoms with Crippen LogP contribution in [0.3, 0.4) is 0 Å². The number of anilines is 6. The third-order valence-corrected chi connectivity index (χ3v) is 13.8. The lowest BCUT2D eigenvalue weighted by Gasteiger charge is -2.36. The highest BCUT2D eigenvalue weighted by Crippen LogP contribution is 2.57. The third kappa shape index (κ3) is 4.63. The van der Waals surface area contributed by atoms with Crippen LogP contribution in [0.15, 0.2) is 151 Å².